The van der Waals surface area contributed by atoms with Gasteiger partial charge in [0, 0.05) is 50.0 Å². The van der Waals surface area contributed by atoms with E-state index in [1.807, 2.05) is 35.0 Å². The van der Waals surface area contributed by atoms with Crippen molar-refractivity contribution in [2.75, 3.05) is 19.6 Å². The van der Waals surface area contributed by atoms with E-state index in [2.05, 4.69) is 28.3 Å². The molecule has 25 heavy (non-hydrogen) atoms. The summed E-state index contributed by atoms with van der Waals surface area (Å²) in [6, 6.07) is 8.67. The van der Waals surface area contributed by atoms with Crippen molar-refractivity contribution < 1.29 is 4.79 Å². The second-order valence-corrected chi connectivity index (χ2v) is 7.27. The molecule has 1 aromatic heterocycles. The number of hydrogen-bond donors (Lipinski definition) is 0. The molecule has 132 valence electrons. The van der Waals surface area contributed by atoms with Gasteiger partial charge in [0.25, 0.3) is 5.91 Å². The molecule has 0 bridgehead atoms. The van der Waals surface area contributed by atoms with Crippen LogP contribution in [0.5, 0.6) is 0 Å². The van der Waals surface area contributed by atoms with Gasteiger partial charge in [0.15, 0.2) is 0 Å². The number of likely N-dealkylation sites (tertiary alicyclic amines) is 2. The van der Waals surface area contributed by atoms with Gasteiger partial charge in [0.2, 0.25) is 0 Å². The van der Waals surface area contributed by atoms with E-state index < -0.39 is 0 Å². The smallest absolute Gasteiger partial charge is 0.253 e. The highest BCUT2D eigenvalue weighted by atomic mass is 16.2. The summed E-state index contributed by atoms with van der Waals surface area (Å²) in [5, 5.41) is 4.32. The van der Waals surface area contributed by atoms with Gasteiger partial charge in [-0.1, -0.05) is 12.1 Å². The lowest BCUT2D eigenvalue weighted by atomic mass is 10.1. The van der Waals surface area contributed by atoms with Crippen LogP contribution in [0.4, 0.5) is 0 Å². The van der Waals surface area contributed by atoms with Gasteiger partial charge in [0.1, 0.15) is 0 Å². The zero-order valence-electron chi connectivity index (χ0n) is 14.9. The Hall–Kier alpha value is -2.14. The SMILES string of the molecule is Cn1cc(C2CCCN2Cc2ccc(C(=O)N3CCCC3)cc2)cn1. The zero-order valence-corrected chi connectivity index (χ0v) is 14.9. The van der Waals surface area contributed by atoms with E-state index in [9.17, 15) is 4.79 Å². The molecule has 2 aliphatic heterocycles. The van der Waals surface area contributed by atoms with Crippen LogP contribution in [0, 0.1) is 0 Å². The van der Waals surface area contributed by atoms with Gasteiger partial charge in [-0.3, -0.25) is 14.4 Å². The highest BCUT2D eigenvalue weighted by Crippen LogP contribution is 2.32. The molecule has 5 heteroatoms. The summed E-state index contributed by atoms with van der Waals surface area (Å²) >= 11 is 0. The summed E-state index contributed by atoms with van der Waals surface area (Å²) in [6.45, 7) is 3.86. The van der Waals surface area contributed by atoms with Crippen molar-refractivity contribution in [3.05, 3.63) is 53.3 Å². The summed E-state index contributed by atoms with van der Waals surface area (Å²) in [7, 11) is 1.97. The third-order valence-corrected chi connectivity index (χ3v) is 5.45. The monoisotopic (exact) mass is 338 g/mol. The number of amides is 1. The molecule has 4 rings (SSSR count). The van der Waals surface area contributed by atoms with E-state index in [1.54, 1.807) is 0 Å². The lowest BCUT2D eigenvalue weighted by Crippen LogP contribution is -2.27. The molecule has 2 fully saturated rings. The molecule has 2 aromatic rings. The second kappa shape index (κ2) is 7.00. The van der Waals surface area contributed by atoms with Crippen molar-refractivity contribution in [1.29, 1.82) is 0 Å². The van der Waals surface area contributed by atoms with Crippen molar-refractivity contribution in [2.45, 2.75) is 38.3 Å². The predicted octanol–water partition coefficient (Wildman–Crippen LogP) is 2.99. The molecule has 1 atom stereocenters. The minimum Gasteiger partial charge on any atom is -0.339 e. The molecule has 5 nitrogen and oxygen atoms in total. The summed E-state index contributed by atoms with van der Waals surface area (Å²) in [6.07, 6.45) is 8.80. The Morgan fingerprint density at radius 3 is 2.56 bits per heavy atom. The van der Waals surface area contributed by atoms with E-state index in [4.69, 9.17) is 0 Å². The van der Waals surface area contributed by atoms with E-state index in [0.29, 0.717) is 6.04 Å². The van der Waals surface area contributed by atoms with Crippen LogP contribution in [0.15, 0.2) is 36.7 Å². The number of nitrogens with zero attached hydrogens (tertiary/aromatic N) is 4. The fraction of sp³-hybridized carbons (Fsp3) is 0.500. The fourth-order valence-corrected chi connectivity index (χ4v) is 4.10. The third-order valence-electron chi connectivity index (χ3n) is 5.45. The fourth-order valence-electron chi connectivity index (χ4n) is 4.10. The lowest BCUT2D eigenvalue weighted by Gasteiger charge is -2.23. The molecule has 0 spiro atoms. The minimum absolute atomic E-state index is 0.179. The van der Waals surface area contributed by atoms with Crippen molar-refractivity contribution in [2.24, 2.45) is 7.05 Å². The average Bonchev–Trinajstić information content (AvgIpc) is 3.36. The number of hydrogen-bond acceptors (Lipinski definition) is 3. The van der Waals surface area contributed by atoms with Crippen LogP contribution in [-0.2, 0) is 13.6 Å². The third kappa shape index (κ3) is 3.47. The van der Waals surface area contributed by atoms with E-state index in [0.717, 1.165) is 44.6 Å². The molecule has 1 amide bonds. The number of aryl methyl sites for hydroxylation is 1. The average molecular weight is 338 g/mol. The standard InChI is InChI=1S/C20H26N4O/c1-22-15-18(13-21-22)19-5-4-12-24(19)14-16-6-8-17(9-7-16)20(25)23-10-2-3-11-23/h6-9,13,15,19H,2-5,10-12,14H2,1H3. The van der Waals surface area contributed by atoms with Gasteiger partial charge in [-0.05, 0) is 49.9 Å². The Morgan fingerprint density at radius 2 is 1.88 bits per heavy atom. The van der Waals surface area contributed by atoms with Crippen LogP contribution in [0.2, 0.25) is 0 Å². The molecular weight excluding hydrogens is 312 g/mol. The largest absolute Gasteiger partial charge is 0.339 e. The molecular formula is C20H26N4O. The Labute approximate surface area is 149 Å². The summed E-state index contributed by atoms with van der Waals surface area (Å²) < 4.78 is 1.88. The highest BCUT2D eigenvalue weighted by molar-refractivity contribution is 5.94. The molecule has 2 aliphatic rings. The van der Waals surface area contributed by atoms with Gasteiger partial charge in [-0.25, -0.2) is 0 Å². The molecule has 1 unspecified atom stereocenters. The Kier molecular flexibility index (Phi) is 4.57. The zero-order chi connectivity index (χ0) is 17.2. The number of carbonyl (C=O) groups excluding carboxylic acids is 1. The van der Waals surface area contributed by atoms with Crippen molar-refractivity contribution in [1.82, 2.24) is 19.6 Å². The predicted molar refractivity (Wildman–Crippen MR) is 97.2 cm³/mol. The first-order valence-corrected chi connectivity index (χ1v) is 9.31. The van der Waals surface area contributed by atoms with Gasteiger partial charge in [-0.15, -0.1) is 0 Å². The van der Waals surface area contributed by atoms with Crippen molar-refractivity contribution in [3.8, 4) is 0 Å². The first kappa shape index (κ1) is 16.3. The molecule has 2 saturated heterocycles. The Balaban J connectivity index is 1.43. The molecule has 0 N–H and O–H groups in total. The van der Waals surface area contributed by atoms with Gasteiger partial charge < -0.3 is 4.90 Å². The number of rotatable bonds is 4. The topological polar surface area (TPSA) is 41.4 Å². The maximum Gasteiger partial charge on any atom is 0.253 e. The number of aromatic nitrogens is 2. The van der Waals surface area contributed by atoms with E-state index in [-0.39, 0.29) is 5.91 Å². The van der Waals surface area contributed by atoms with Gasteiger partial charge in [0.05, 0.1) is 6.20 Å². The Bertz CT molecular complexity index is 730. The van der Waals surface area contributed by atoms with Crippen LogP contribution in [0.25, 0.3) is 0 Å². The highest BCUT2D eigenvalue weighted by Gasteiger charge is 2.27. The maximum absolute atomic E-state index is 12.4. The Morgan fingerprint density at radius 1 is 1.12 bits per heavy atom. The lowest BCUT2D eigenvalue weighted by molar-refractivity contribution is 0.0793. The summed E-state index contributed by atoms with van der Waals surface area (Å²) in [4.78, 5) is 16.9. The maximum atomic E-state index is 12.4. The van der Waals surface area contributed by atoms with Crippen LogP contribution in [0.3, 0.4) is 0 Å². The second-order valence-electron chi connectivity index (χ2n) is 7.27. The van der Waals surface area contributed by atoms with Crippen LogP contribution in [0.1, 0.15) is 53.2 Å². The first-order chi connectivity index (χ1) is 12.2. The van der Waals surface area contributed by atoms with Gasteiger partial charge in [-0.2, -0.15) is 5.10 Å². The van der Waals surface area contributed by atoms with Gasteiger partial charge >= 0.3 is 0 Å². The normalized spacial score (nSPS) is 21.2. The molecule has 0 saturated carbocycles. The molecule has 3 heterocycles. The van der Waals surface area contributed by atoms with Crippen LogP contribution in [-0.4, -0.2) is 45.1 Å². The number of carbonyl (C=O) groups is 1. The minimum atomic E-state index is 0.179. The molecule has 0 radical (unpaired) electrons. The van der Waals surface area contributed by atoms with E-state index in [1.165, 1.54) is 24.0 Å². The molecule has 0 aliphatic carbocycles. The summed E-state index contributed by atoms with van der Waals surface area (Å²) in [5.41, 5.74) is 3.39. The number of benzene rings is 1. The van der Waals surface area contributed by atoms with Crippen molar-refractivity contribution in [3.63, 3.8) is 0 Å². The van der Waals surface area contributed by atoms with Crippen molar-refractivity contribution >= 4 is 5.91 Å². The molecule has 1 aromatic carbocycles. The van der Waals surface area contributed by atoms with Crippen LogP contribution >= 0.6 is 0 Å². The first-order valence-electron chi connectivity index (χ1n) is 9.31. The van der Waals surface area contributed by atoms with E-state index >= 15 is 0 Å². The quantitative estimate of drug-likeness (QED) is 0.860. The summed E-state index contributed by atoms with van der Waals surface area (Å²) in [5.74, 6) is 0.179. The van der Waals surface area contributed by atoms with Crippen LogP contribution < -0.4 is 0 Å².